The van der Waals surface area contributed by atoms with E-state index in [-0.39, 0.29) is 17.1 Å². The van der Waals surface area contributed by atoms with Crippen molar-refractivity contribution in [1.29, 1.82) is 0 Å². The summed E-state index contributed by atoms with van der Waals surface area (Å²) in [4.78, 5) is 10.1. The van der Waals surface area contributed by atoms with Crippen LogP contribution in [0, 0.1) is 10.1 Å². The van der Waals surface area contributed by atoms with Crippen molar-refractivity contribution in [2.45, 2.75) is 13.8 Å². The maximum absolute atomic E-state index is 12.1. The maximum Gasteiger partial charge on any atom is 0.273 e. The Morgan fingerprint density at radius 1 is 1.41 bits per heavy atom. The van der Waals surface area contributed by atoms with Crippen LogP contribution in [0.1, 0.15) is 13.8 Å². The van der Waals surface area contributed by atoms with Gasteiger partial charge in [0.25, 0.3) is 5.69 Å². The lowest BCUT2D eigenvalue weighted by molar-refractivity contribution is -0.384. The van der Waals surface area contributed by atoms with Gasteiger partial charge in [0.1, 0.15) is 0 Å². The van der Waals surface area contributed by atoms with Gasteiger partial charge >= 0.3 is 0 Å². The van der Waals surface area contributed by atoms with E-state index < -0.39 is 12.3 Å². The Labute approximate surface area is 99.4 Å². The summed E-state index contributed by atoms with van der Waals surface area (Å²) in [7, 11) is -2.78. The standard InChI is InChI=1S/C10H15N2O4P/c1-3-17(15,4-2)16-10-7-8(12(13)14)5-6-9(10)11/h5-7H,3-4,11H2,1-2H3. The van der Waals surface area contributed by atoms with Crippen LogP contribution in [0.4, 0.5) is 11.4 Å². The van der Waals surface area contributed by atoms with Gasteiger partial charge in [0.15, 0.2) is 5.75 Å². The van der Waals surface area contributed by atoms with Gasteiger partial charge in [-0.05, 0) is 6.07 Å². The molecule has 0 spiro atoms. The lowest BCUT2D eigenvalue weighted by Crippen LogP contribution is -2.01. The van der Waals surface area contributed by atoms with Crippen molar-refractivity contribution in [2.24, 2.45) is 0 Å². The number of nitrogens with two attached hydrogens (primary N) is 1. The number of benzene rings is 1. The van der Waals surface area contributed by atoms with Crippen LogP contribution in [0.25, 0.3) is 0 Å². The van der Waals surface area contributed by atoms with E-state index in [2.05, 4.69) is 0 Å². The topological polar surface area (TPSA) is 95.5 Å². The van der Waals surface area contributed by atoms with E-state index in [4.69, 9.17) is 10.3 Å². The molecule has 1 rings (SSSR count). The number of anilines is 1. The molecule has 0 unspecified atom stereocenters. The van der Waals surface area contributed by atoms with E-state index in [1.54, 1.807) is 13.8 Å². The maximum atomic E-state index is 12.1. The molecule has 0 aliphatic heterocycles. The third-order valence-corrected chi connectivity index (χ3v) is 4.89. The molecule has 0 fully saturated rings. The largest absolute Gasteiger partial charge is 0.440 e. The molecule has 0 amide bonds. The summed E-state index contributed by atoms with van der Waals surface area (Å²) in [6.07, 6.45) is 0.733. The van der Waals surface area contributed by atoms with Crippen LogP contribution in [0.3, 0.4) is 0 Å². The van der Waals surface area contributed by atoms with E-state index in [1.807, 2.05) is 0 Å². The van der Waals surface area contributed by atoms with Crippen molar-refractivity contribution in [1.82, 2.24) is 0 Å². The molecule has 0 heterocycles. The number of hydrogen-bond acceptors (Lipinski definition) is 5. The average molecular weight is 258 g/mol. The highest BCUT2D eigenvalue weighted by molar-refractivity contribution is 7.59. The molecular weight excluding hydrogens is 243 g/mol. The summed E-state index contributed by atoms with van der Waals surface area (Å²) < 4.78 is 17.5. The van der Waals surface area contributed by atoms with E-state index in [0.717, 1.165) is 0 Å². The minimum absolute atomic E-state index is 0.117. The lowest BCUT2D eigenvalue weighted by atomic mass is 10.3. The third-order valence-electron chi connectivity index (χ3n) is 2.44. The number of hydrogen-bond donors (Lipinski definition) is 1. The van der Waals surface area contributed by atoms with E-state index in [0.29, 0.717) is 12.3 Å². The first-order valence-corrected chi connectivity index (χ1v) is 7.23. The highest BCUT2D eigenvalue weighted by Gasteiger charge is 2.21. The van der Waals surface area contributed by atoms with Gasteiger partial charge in [-0.15, -0.1) is 0 Å². The zero-order chi connectivity index (χ0) is 13.1. The molecule has 0 atom stereocenters. The predicted molar refractivity (Wildman–Crippen MR) is 66.8 cm³/mol. The third kappa shape index (κ3) is 3.20. The molecule has 17 heavy (non-hydrogen) atoms. The van der Waals surface area contributed by atoms with Crippen LogP contribution in [-0.4, -0.2) is 17.2 Å². The molecule has 1 aromatic carbocycles. The molecule has 0 aliphatic carbocycles. The molecule has 7 heteroatoms. The Kier molecular flexibility index (Phi) is 4.12. The van der Waals surface area contributed by atoms with Gasteiger partial charge in [0, 0.05) is 18.4 Å². The summed E-state index contributed by atoms with van der Waals surface area (Å²) in [6, 6.07) is 3.86. The number of nitrogens with zero attached hydrogens (tertiary/aromatic N) is 1. The van der Waals surface area contributed by atoms with Gasteiger partial charge < -0.3 is 10.3 Å². The molecular formula is C10H15N2O4P. The van der Waals surface area contributed by atoms with Crippen molar-refractivity contribution in [3.8, 4) is 5.75 Å². The summed E-state index contributed by atoms with van der Waals surface area (Å²) in [5.41, 5.74) is 5.75. The van der Waals surface area contributed by atoms with Crippen LogP contribution in [0.2, 0.25) is 0 Å². The Morgan fingerprint density at radius 2 is 2.00 bits per heavy atom. The molecule has 0 aliphatic rings. The van der Waals surface area contributed by atoms with E-state index in [9.17, 15) is 14.7 Å². The Hall–Kier alpha value is -1.55. The van der Waals surface area contributed by atoms with Gasteiger partial charge in [-0.1, -0.05) is 13.8 Å². The number of nitro groups is 1. The minimum atomic E-state index is -2.78. The lowest BCUT2D eigenvalue weighted by Gasteiger charge is -2.17. The smallest absolute Gasteiger partial charge is 0.273 e. The number of nitro benzene ring substituents is 1. The SMILES string of the molecule is CCP(=O)(CC)Oc1cc([N+](=O)[O-])ccc1N. The van der Waals surface area contributed by atoms with Crippen LogP contribution >= 0.6 is 7.37 Å². The van der Waals surface area contributed by atoms with Crippen LogP contribution in [-0.2, 0) is 4.57 Å². The second-order valence-electron chi connectivity index (χ2n) is 3.52. The van der Waals surface area contributed by atoms with E-state index in [1.165, 1.54) is 18.2 Å². The monoisotopic (exact) mass is 258 g/mol. The molecule has 0 aromatic heterocycles. The minimum Gasteiger partial charge on any atom is -0.440 e. The van der Waals surface area contributed by atoms with Gasteiger partial charge in [0.2, 0.25) is 7.37 Å². The fourth-order valence-corrected chi connectivity index (χ4v) is 2.47. The molecule has 0 saturated heterocycles. The second kappa shape index (κ2) is 5.19. The van der Waals surface area contributed by atoms with Crippen LogP contribution < -0.4 is 10.3 Å². The quantitative estimate of drug-likeness (QED) is 0.379. The predicted octanol–water partition coefficient (Wildman–Crippen LogP) is 2.87. The summed E-state index contributed by atoms with van der Waals surface area (Å²) in [5.74, 6) is 0.117. The molecule has 94 valence electrons. The molecule has 0 bridgehead atoms. The fourth-order valence-electron chi connectivity index (χ4n) is 1.25. The Morgan fingerprint density at radius 3 is 2.47 bits per heavy atom. The number of non-ortho nitro benzene ring substituents is 1. The molecule has 1 aromatic rings. The first-order valence-electron chi connectivity index (χ1n) is 5.23. The first kappa shape index (κ1) is 13.5. The van der Waals surface area contributed by atoms with Crippen molar-refractivity contribution >= 4 is 18.7 Å². The summed E-state index contributed by atoms with van der Waals surface area (Å²) >= 11 is 0. The van der Waals surface area contributed by atoms with Crippen LogP contribution in [0.15, 0.2) is 18.2 Å². The van der Waals surface area contributed by atoms with Crippen molar-refractivity contribution in [3.63, 3.8) is 0 Å². The zero-order valence-electron chi connectivity index (χ0n) is 9.75. The fraction of sp³-hybridized carbons (Fsp3) is 0.400. The van der Waals surface area contributed by atoms with Crippen molar-refractivity contribution in [3.05, 3.63) is 28.3 Å². The number of nitrogen functional groups attached to an aromatic ring is 1. The second-order valence-corrected chi connectivity index (χ2v) is 6.59. The van der Waals surface area contributed by atoms with E-state index >= 15 is 0 Å². The van der Waals surface area contributed by atoms with Crippen molar-refractivity contribution in [2.75, 3.05) is 18.1 Å². The molecule has 0 saturated carbocycles. The van der Waals surface area contributed by atoms with Gasteiger partial charge in [0.05, 0.1) is 16.7 Å². The summed E-state index contributed by atoms with van der Waals surface area (Å²) in [5, 5.41) is 10.6. The Balaban J connectivity index is 3.09. The molecule has 0 radical (unpaired) electrons. The molecule has 2 N–H and O–H groups in total. The molecule has 6 nitrogen and oxygen atoms in total. The Bertz CT molecular complexity index is 467. The highest BCUT2D eigenvalue weighted by Crippen LogP contribution is 2.48. The van der Waals surface area contributed by atoms with Crippen LogP contribution in [0.5, 0.6) is 5.75 Å². The van der Waals surface area contributed by atoms with Crippen molar-refractivity contribution < 1.29 is 14.0 Å². The summed E-state index contributed by atoms with van der Waals surface area (Å²) in [6.45, 7) is 3.50. The number of rotatable bonds is 5. The average Bonchev–Trinajstić information content (AvgIpc) is 2.31. The normalized spacial score (nSPS) is 11.2. The van der Waals surface area contributed by atoms with Gasteiger partial charge in [-0.2, -0.15) is 0 Å². The van der Waals surface area contributed by atoms with Gasteiger partial charge in [-0.25, -0.2) is 0 Å². The highest BCUT2D eigenvalue weighted by atomic mass is 31.2. The van der Waals surface area contributed by atoms with Gasteiger partial charge in [-0.3, -0.25) is 14.7 Å². The zero-order valence-corrected chi connectivity index (χ0v) is 10.6. The first-order chi connectivity index (χ1) is 7.91.